The van der Waals surface area contributed by atoms with Crippen LogP contribution in [0.25, 0.3) is 22.5 Å². The zero-order valence-electron chi connectivity index (χ0n) is 22.1. The summed E-state index contributed by atoms with van der Waals surface area (Å²) in [4.78, 5) is 26.5. The second-order valence-electron chi connectivity index (χ2n) is 10.4. The third kappa shape index (κ3) is 5.47. The van der Waals surface area contributed by atoms with Gasteiger partial charge in [0.05, 0.1) is 13.0 Å². The van der Waals surface area contributed by atoms with E-state index in [4.69, 9.17) is 4.98 Å². The largest absolute Gasteiger partial charge is 0.309 e. The van der Waals surface area contributed by atoms with Crippen LogP contribution in [0.1, 0.15) is 42.0 Å². The SMILES string of the molecule is CC(C)c1ccccc1-c1ncc2c(n1)N(Cc1ccc(-c3cccc(CCN(C)C)c3)cc1)C(=O)C2. The zero-order chi connectivity index (χ0) is 25.9. The Morgan fingerprint density at radius 2 is 1.70 bits per heavy atom. The van der Waals surface area contributed by atoms with E-state index in [9.17, 15) is 4.79 Å². The molecular weight excluding hydrogens is 456 g/mol. The minimum atomic E-state index is 0.0660. The van der Waals surface area contributed by atoms with Gasteiger partial charge in [0, 0.05) is 23.9 Å². The van der Waals surface area contributed by atoms with Gasteiger partial charge < -0.3 is 4.90 Å². The Labute approximate surface area is 219 Å². The molecule has 5 heteroatoms. The highest BCUT2D eigenvalue weighted by atomic mass is 16.2. The molecule has 1 aliphatic heterocycles. The second kappa shape index (κ2) is 10.7. The monoisotopic (exact) mass is 490 g/mol. The number of rotatable bonds is 8. The lowest BCUT2D eigenvalue weighted by Gasteiger charge is -2.18. The summed E-state index contributed by atoms with van der Waals surface area (Å²) in [7, 11) is 4.20. The number of hydrogen-bond acceptors (Lipinski definition) is 4. The third-order valence-electron chi connectivity index (χ3n) is 6.97. The van der Waals surface area contributed by atoms with Crippen molar-refractivity contribution in [2.75, 3.05) is 25.5 Å². The van der Waals surface area contributed by atoms with Gasteiger partial charge in [0.15, 0.2) is 5.82 Å². The van der Waals surface area contributed by atoms with Crippen molar-refractivity contribution in [1.29, 1.82) is 0 Å². The van der Waals surface area contributed by atoms with Crippen molar-refractivity contribution in [2.24, 2.45) is 0 Å². The first-order valence-electron chi connectivity index (χ1n) is 13.0. The van der Waals surface area contributed by atoms with Gasteiger partial charge in [0.1, 0.15) is 5.82 Å². The van der Waals surface area contributed by atoms with Gasteiger partial charge in [-0.2, -0.15) is 0 Å². The van der Waals surface area contributed by atoms with E-state index in [0.29, 0.717) is 24.7 Å². The fourth-order valence-corrected chi connectivity index (χ4v) is 4.87. The molecule has 5 rings (SSSR count). The number of nitrogens with zero attached hydrogens (tertiary/aromatic N) is 4. The molecule has 0 bridgehead atoms. The summed E-state index contributed by atoms with van der Waals surface area (Å²) >= 11 is 0. The second-order valence-corrected chi connectivity index (χ2v) is 10.4. The fourth-order valence-electron chi connectivity index (χ4n) is 4.87. The molecule has 37 heavy (non-hydrogen) atoms. The van der Waals surface area contributed by atoms with Crippen LogP contribution in [0.2, 0.25) is 0 Å². The first-order chi connectivity index (χ1) is 17.9. The van der Waals surface area contributed by atoms with Crippen LogP contribution in [0.4, 0.5) is 5.82 Å². The fraction of sp³-hybridized carbons (Fsp3) is 0.281. The van der Waals surface area contributed by atoms with Crippen molar-refractivity contribution < 1.29 is 4.79 Å². The van der Waals surface area contributed by atoms with Crippen LogP contribution in [-0.2, 0) is 24.2 Å². The number of fused-ring (bicyclic) bond motifs is 1. The summed E-state index contributed by atoms with van der Waals surface area (Å²) in [5.41, 5.74) is 7.93. The topological polar surface area (TPSA) is 49.3 Å². The molecular formula is C32H34N4O. The van der Waals surface area contributed by atoms with Crippen LogP contribution >= 0.6 is 0 Å². The van der Waals surface area contributed by atoms with E-state index >= 15 is 0 Å². The standard InChI is InChI=1S/C32H34N4O/c1-22(2)28-10-5-6-11-29(28)31-33-20-27-19-30(37)36(32(27)34-31)21-24-12-14-25(15-13-24)26-9-7-8-23(18-26)16-17-35(3)4/h5-15,18,20,22H,16-17,19,21H2,1-4H3. The van der Waals surface area contributed by atoms with E-state index in [0.717, 1.165) is 35.5 Å². The highest BCUT2D eigenvalue weighted by Gasteiger charge is 2.30. The molecule has 1 aliphatic rings. The van der Waals surface area contributed by atoms with Crippen LogP contribution in [0, 0.1) is 0 Å². The van der Waals surface area contributed by atoms with Gasteiger partial charge in [-0.25, -0.2) is 9.97 Å². The molecule has 0 fully saturated rings. The third-order valence-corrected chi connectivity index (χ3v) is 6.97. The Balaban J connectivity index is 1.37. The molecule has 0 aliphatic carbocycles. The first kappa shape index (κ1) is 24.8. The van der Waals surface area contributed by atoms with Crippen molar-refractivity contribution in [3.05, 3.63) is 101 Å². The Hall–Kier alpha value is -3.83. The van der Waals surface area contributed by atoms with Gasteiger partial charge in [-0.1, -0.05) is 86.6 Å². The first-order valence-corrected chi connectivity index (χ1v) is 13.0. The van der Waals surface area contributed by atoms with Gasteiger partial charge in [-0.3, -0.25) is 9.69 Å². The number of likely N-dealkylation sites (N-methyl/N-ethyl adjacent to an activating group) is 1. The minimum Gasteiger partial charge on any atom is -0.309 e. The van der Waals surface area contributed by atoms with Crippen LogP contribution < -0.4 is 4.90 Å². The lowest BCUT2D eigenvalue weighted by Crippen LogP contribution is -2.26. The molecule has 4 aromatic rings. The summed E-state index contributed by atoms with van der Waals surface area (Å²) in [6.45, 7) is 5.87. The molecule has 0 saturated heterocycles. The molecule has 3 aromatic carbocycles. The molecule has 2 heterocycles. The van der Waals surface area contributed by atoms with E-state index in [2.05, 4.69) is 98.5 Å². The number of carbonyl (C=O) groups excluding carboxylic acids is 1. The Bertz CT molecular complexity index is 1410. The van der Waals surface area contributed by atoms with Crippen molar-refractivity contribution in [3.8, 4) is 22.5 Å². The molecule has 0 saturated carbocycles. The predicted molar refractivity (Wildman–Crippen MR) is 151 cm³/mol. The summed E-state index contributed by atoms with van der Waals surface area (Å²) in [5, 5.41) is 0. The average Bonchev–Trinajstić information content (AvgIpc) is 3.22. The maximum Gasteiger partial charge on any atom is 0.233 e. The van der Waals surface area contributed by atoms with Crippen molar-refractivity contribution >= 4 is 11.7 Å². The molecule has 188 valence electrons. The lowest BCUT2D eigenvalue weighted by atomic mass is 9.97. The maximum absolute atomic E-state index is 12.9. The summed E-state index contributed by atoms with van der Waals surface area (Å²) in [5.74, 6) is 1.83. The van der Waals surface area contributed by atoms with E-state index in [1.54, 1.807) is 4.90 Å². The highest BCUT2D eigenvalue weighted by molar-refractivity contribution is 6.00. The van der Waals surface area contributed by atoms with Crippen LogP contribution in [0.15, 0.2) is 79.0 Å². The minimum absolute atomic E-state index is 0.0660. The van der Waals surface area contributed by atoms with Crippen molar-refractivity contribution in [1.82, 2.24) is 14.9 Å². The molecule has 0 radical (unpaired) electrons. The number of benzene rings is 3. The number of aromatic nitrogens is 2. The maximum atomic E-state index is 12.9. The van der Waals surface area contributed by atoms with Gasteiger partial charge in [0.25, 0.3) is 0 Å². The van der Waals surface area contributed by atoms with E-state index in [1.165, 1.54) is 22.3 Å². The van der Waals surface area contributed by atoms with Gasteiger partial charge >= 0.3 is 0 Å². The number of amides is 1. The Kier molecular flexibility index (Phi) is 7.15. The molecule has 1 aromatic heterocycles. The van der Waals surface area contributed by atoms with Gasteiger partial charge in [-0.15, -0.1) is 0 Å². The van der Waals surface area contributed by atoms with Crippen LogP contribution in [-0.4, -0.2) is 41.4 Å². The smallest absolute Gasteiger partial charge is 0.233 e. The molecule has 0 unspecified atom stereocenters. The van der Waals surface area contributed by atoms with Crippen molar-refractivity contribution in [2.45, 2.75) is 39.2 Å². The summed E-state index contributed by atoms with van der Waals surface area (Å²) < 4.78 is 0. The van der Waals surface area contributed by atoms with Gasteiger partial charge in [0.2, 0.25) is 5.91 Å². The summed E-state index contributed by atoms with van der Waals surface area (Å²) in [6.07, 6.45) is 3.19. The van der Waals surface area contributed by atoms with Crippen molar-refractivity contribution in [3.63, 3.8) is 0 Å². The van der Waals surface area contributed by atoms with E-state index in [-0.39, 0.29) is 5.91 Å². The van der Waals surface area contributed by atoms with Crippen LogP contribution in [0.5, 0.6) is 0 Å². The molecule has 1 amide bonds. The lowest BCUT2D eigenvalue weighted by molar-refractivity contribution is -0.117. The molecule has 0 atom stereocenters. The normalized spacial score (nSPS) is 13.0. The summed E-state index contributed by atoms with van der Waals surface area (Å²) in [6, 6.07) is 25.5. The van der Waals surface area contributed by atoms with E-state index < -0.39 is 0 Å². The molecule has 5 nitrogen and oxygen atoms in total. The van der Waals surface area contributed by atoms with E-state index in [1.807, 2.05) is 18.3 Å². The molecule has 0 N–H and O–H groups in total. The Morgan fingerprint density at radius 1 is 0.919 bits per heavy atom. The zero-order valence-corrected chi connectivity index (χ0v) is 22.1. The Morgan fingerprint density at radius 3 is 2.46 bits per heavy atom. The number of carbonyl (C=O) groups is 1. The highest BCUT2D eigenvalue weighted by Crippen LogP contribution is 2.33. The van der Waals surface area contributed by atoms with Crippen LogP contribution in [0.3, 0.4) is 0 Å². The average molecular weight is 491 g/mol. The quantitative estimate of drug-likeness (QED) is 0.298. The number of anilines is 1. The van der Waals surface area contributed by atoms with Gasteiger partial charge in [-0.05, 0) is 54.3 Å². The predicted octanol–water partition coefficient (Wildman–Crippen LogP) is 6.13. The number of hydrogen-bond donors (Lipinski definition) is 0. The molecule has 0 spiro atoms.